The topological polar surface area (TPSA) is 79.8 Å². The molecule has 0 saturated carbocycles. The lowest BCUT2D eigenvalue weighted by Crippen LogP contribution is -2.20. The number of benzene rings is 1. The van der Waals surface area contributed by atoms with Gasteiger partial charge in [0.1, 0.15) is 5.69 Å². The van der Waals surface area contributed by atoms with Gasteiger partial charge in [-0.15, -0.1) is 0 Å². The second-order valence-electron chi connectivity index (χ2n) is 7.35. The van der Waals surface area contributed by atoms with Crippen LogP contribution < -0.4 is 5.69 Å². The first-order chi connectivity index (χ1) is 15.0. The van der Waals surface area contributed by atoms with E-state index >= 15 is 0 Å². The molecule has 0 amide bonds. The Labute approximate surface area is 182 Å². The largest absolute Gasteiger partial charge is 0.378 e. The third-order valence-electron chi connectivity index (χ3n) is 5.34. The Balaban J connectivity index is 1.79. The summed E-state index contributed by atoms with van der Waals surface area (Å²) in [4.78, 5) is 22.1. The average molecular weight is 435 g/mol. The molecule has 0 unspecified atom stereocenters. The van der Waals surface area contributed by atoms with Gasteiger partial charge in [0.25, 0.3) is 0 Å². The molecular formula is C22H19ClN6O2. The molecule has 0 spiro atoms. The number of imidazole rings is 1. The van der Waals surface area contributed by atoms with Gasteiger partial charge in [-0.25, -0.2) is 4.79 Å². The minimum absolute atomic E-state index is 0.213. The minimum atomic E-state index is -0.213. The van der Waals surface area contributed by atoms with Gasteiger partial charge in [-0.05, 0) is 23.8 Å². The van der Waals surface area contributed by atoms with E-state index in [1.54, 1.807) is 47.4 Å². The number of hydrogen-bond acceptors (Lipinski definition) is 5. The van der Waals surface area contributed by atoms with E-state index in [1.807, 2.05) is 36.5 Å². The predicted octanol–water partition coefficient (Wildman–Crippen LogP) is 3.47. The van der Waals surface area contributed by atoms with Crippen LogP contribution in [0.3, 0.4) is 0 Å². The lowest BCUT2D eigenvalue weighted by molar-refractivity contribution is 0.181. The van der Waals surface area contributed by atoms with E-state index in [9.17, 15) is 4.79 Å². The zero-order chi connectivity index (χ0) is 21.7. The molecule has 0 bridgehead atoms. The molecule has 8 nitrogen and oxygen atoms in total. The van der Waals surface area contributed by atoms with Gasteiger partial charge in [-0.3, -0.25) is 23.8 Å². The third-order valence-corrected chi connectivity index (χ3v) is 5.61. The summed E-state index contributed by atoms with van der Waals surface area (Å²) in [7, 11) is 5.13. The number of methoxy groups -OCH3 is 1. The molecule has 0 radical (unpaired) electrons. The molecule has 0 N–H and O–H groups in total. The van der Waals surface area contributed by atoms with Crippen LogP contribution in [0.5, 0.6) is 0 Å². The lowest BCUT2D eigenvalue weighted by atomic mass is 10.0. The van der Waals surface area contributed by atoms with Crippen molar-refractivity contribution in [3.8, 4) is 16.8 Å². The first kappa shape index (κ1) is 19.5. The second-order valence-corrected chi connectivity index (χ2v) is 7.71. The minimum Gasteiger partial charge on any atom is -0.378 e. The maximum absolute atomic E-state index is 13.1. The predicted molar refractivity (Wildman–Crippen MR) is 120 cm³/mol. The highest BCUT2D eigenvalue weighted by molar-refractivity contribution is 6.31. The molecule has 4 heterocycles. The number of aryl methyl sites for hydroxylation is 2. The van der Waals surface area contributed by atoms with Gasteiger partial charge in [0.15, 0.2) is 5.15 Å². The Morgan fingerprint density at radius 1 is 1.06 bits per heavy atom. The molecule has 0 saturated heterocycles. The van der Waals surface area contributed by atoms with Crippen LogP contribution in [0.15, 0.2) is 53.7 Å². The molecule has 5 aromatic rings. The summed E-state index contributed by atoms with van der Waals surface area (Å²) < 4.78 is 9.89. The molecule has 0 aliphatic carbocycles. The van der Waals surface area contributed by atoms with Crippen molar-refractivity contribution < 1.29 is 4.74 Å². The van der Waals surface area contributed by atoms with Crippen LogP contribution in [0.4, 0.5) is 0 Å². The van der Waals surface area contributed by atoms with Crippen molar-refractivity contribution in [3.63, 3.8) is 0 Å². The van der Waals surface area contributed by atoms with Crippen molar-refractivity contribution in [2.45, 2.75) is 6.61 Å². The van der Waals surface area contributed by atoms with Gasteiger partial charge in [-0.2, -0.15) is 5.10 Å². The zero-order valence-electron chi connectivity index (χ0n) is 17.2. The number of nitrogens with zero attached hydrogens (tertiary/aromatic N) is 6. The standard InChI is InChI=1S/C22H19ClN6O2/c1-27-11-19(21(23)26-27)29-20-16-8-13(14-4-6-15(12-31-3)24-9-14)5-7-17(16)25-10-18(20)28(2)22(29)30/h4-11H,12H2,1-3H3. The van der Waals surface area contributed by atoms with E-state index < -0.39 is 0 Å². The fourth-order valence-electron chi connectivity index (χ4n) is 3.83. The quantitative estimate of drug-likeness (QED) is 0.432. The molecule has 4 aromatic heterocycles. The van der Waals surface area contributed by atoms with Crippen LogP contribution >= 0.6 is 11.6 Å². The summed E-state index contributed by atoms with van der Waals surface area (Å²) in [6, 6.07) is 9.91. The SMILES string of the molecule is COCc1ccc(-c2ccc3ncc4c(c3c2)n(-c2cn(C)nc2Cl)c(=O)n4C)cn1. The Morgan fingerprint density at radius 2 is 1.87 bits per heavy atom. The molecule has 0 aliphatic rings. The summed E-state index contributed by atoms with van der Waals surface area (Å²) in [5, 5.41) is 5.29. The van der Waals surface area contributed by atoms with Crippen LogP contribution in [0.25, 0.3) is 38.8 Å². The summed E-state index contributed by atoms with van der Waals surface area (Å²) >= 11 is 6.35. The van der Waals surface area contributed by atoms with E-state index in [4.69, 9.17) is 16.3 Å². The normalized spacial score (nSPS) is 11.6. The Bertz CT molecular complexity index is 1500. The number of hydrogen-bond donors (Lipinski definition) is 0. The van der Waals surface area contributed by atoms with Crippen LogP contribution in [-0.4, -0.2) is 36.0 Å². The Hall–Kier alpha value is -3.49. The molecule has 0 aliphatic heterocycles. The van der Waals surface area contributed by atoms with E-state index in [0.717, 1.165) is 33.2 Å². The van der Waals surface area contributed by atoms with E-state index in [2.05, 4.69) is 15.1 Å². The average Bonchev–Trinajstić information content (AvgIpc) is 3.23. The highest BCUT2D eigenvalue weighted by Gasteiger charge is 2.20. The van der Waals surface area contributed by atoms with Crippen molar-refractivity contribution >= 4 is 33.5 Å². The maximum Gasteiger partial charge on any atom is 0.333 e. The Morgan fingerprint density at radius 3 is 2.55 bits per heavy atom. The van der Waals surface area contributed by atoms with Crippen molar-refractivity contribution in [1.82, 2.24) is 28.9 Å². The number of pyridine rings is 2. The van der Waals surface area contributed by atoms with Gasteiger partial charge >= 0.3 is 5.69 Å². The van der Waals surface area contributed by atoms with Gasteiger partial charge in [-0.1, -0.05) is 23.7 Å². The summed E-state index contributed by atoms with van der Waals surface area (Å²) in [6.45, 7) is 0.463. The maximum atomic E-state index is 13.1. The van der Waals surface area contributed by atoms with Crippen LogP contribution in [-0.2, 0) is 25.4 Å². The van der Waals surface area contributed by atoms with Crippen molar-refractivity contribution in [3.05, 3.63) is 70.3 Å². The highest BCUT2D eigenvalue weighted by atomic mass is 35.5. The van der Waals surface area contributed by atoms with Crippen molar-refractivity contribution in [1.29, 1.82) is 0 Å². The van der Waals surface area contributed by atoms with Crippen molar-refractivity contribution in [2.75, 3.05) is 7.11 Å². The smallest absolute Gasteiger partial charge is 0.333 e. The van der Waals surface area contributed by atoms with Gasteiger partial charge in [0, 0.05) is 38.4 Å². The highest BCUT2D eigenvalue weighted by Crippen LogP contribution is 2.30. The van der Waals surface area contributed by atoms with Gasteiger partial charge in [0.05, 0.1) is 41.2 Å². The molecular weight excluding hydrogens is 416 g/mol. The molecule has 5 rings (SSSR count). The van der Waals surface area contributed by atoms with Crippen molar-refractivity contribution in [2.24, 2.45) is 14.1 Å². The molecule has 1 aromatic carbocycles. The Kier molecular flexibility index (Phi) is 4.60. The number of ether oxygens (including phenoxy) is 1. The second kappa shape index (κ2) is 7.33. The van der Waals surface area contributed by atoms with E-state index in [0.29, 0.717) is 17.8 Å². The number of aromatic nitrogens is 6. The van der Waals surface area contributed by atoms with Crippen LogP contribution in [0.1, 0.15) is 5.69 Å². The summed E-state index contributed by atoms with van der Waals surface area (Å²) in [6.07, 6.45) is 5.26. The number of rotatable bonds is 4. The van der Waals surface area contributed by atoms with Gasteiger partial charge < -0.3 is 4.74 Å². The van der Waals surface area contributed by atoms with E-state index in [1.165, 1.54) is 0 Å². The number of fused-ring (bicyclic) bond motifs is 3. The molecule has 0 fully saturated rings. The molecule has 31 heavy (non-hydrogen) atoms. The van der Waals surface area contributed by atoms with Crippen LogP contribution in [0.2, 0.25) is 5.15 Å². The lowest BCUT2D eigenvalue weighted by Gasteiger charge is -2.08. The third kappa shape index (κ3) is 3.11. The van der Waals surface area contributed by atoms with E-state index in [-0.39, 0.29) is 10.8 Å². The zero-order valence-corrected chi connectivity index (χ0v) is 18.0. The first-order valence-corrected chi connectivity index (χ1v) is 9.99. The summed E-state index contributed by atoms with van der Waals surface area (Å²) in [5.41, 5.74) is 5.33. The molecule has 156 valence electrons. The van der Waals surface area contributed by atoms with Gasteiger partial charge in [0.2, 0.25) is 0 Å². The fraction of sp³-hybridized carbons (Fsp3) is 0.182. The summed E-state index contributed by atoms with van der Waals surface area (Å²) in [5.74, 6) is 0. The van der Waals surface area contributed by atoms with Crippen LogP contribution in [0, 0.1) is 0 Å². The molecule has 0 atom stereocenters. The monoisotopic (exact) mass is 434 g/mol. The first-order valence-electron chi connectivity index (χ1n) is 9.62. The molecule has 9 heteroatoms. The number of halogens is 1. The fourth-order valence-corrected chi connectivity index (χ4v) is 4.08.